The Balaban J connectivity index is 3.63. The maximum absolute atomic E-state index is 7.25. The zero-order chi connectivity index (χ0) is 9.40. The highest BCUT2D eigenvalue weighted by molar-refractivity contribution is 5.74. The zero-order valence-electron chi connectivity index (χ0n) is 7.84. The molecule has 0 unspecified atom stereocenters. The summed E-state index contributed by atoms with van der Waals surface area (Å²) in [5.41, 5.74) is 5.37. The lowest BCUT2D eigenvalue weighted by molar-refractivity contribution is 0.433. The van der Waals surface area contributed by atoms with Crippen molar-refractivity contribution < 1.29 is 0 Å². The second kappa shape index (κ2) is 6.70. The minimum Gasteiger partial charge on any atom is -0.370 e. The summed E-state index contributed by atoms with van der Waals surface area (Å²) in [7, 11) is 0. The number of guanidine groups is 1. The number of hydrogen-bond donors (Lipinski definition) is 2. The molecule has 0 saturated heterocycles. The van der Waals surface area contributed by atoms with E-state index in [9.17, 15) is 0 Å². The third kappa shape index (κ3) is 4.77. The van der Waals surface area contributed by atoms with Crippen LogP contribution >= 0.6 is 0 Å². The SMILES string of the molecule is C=CCN(CCCCC)C(=N)N. The van der Waals surface area contributed by atoms with Crippen molar-refractivity contribution in [2.75, 3.05) is 13.1 Å². The number of hydrogen-bond acceptors (Lipinski definition) is 1. The Morgan fingerprint density at radius 3 is 2.67 bits per heavy atom. The van der Waals surface area contributed by atoms with E-state index in [4.69, 9.17) is 11.1 Å². The van der Waals surface area contributed by atoms with E-state index in [1.165, 1.54) is 12.8 Å². The maximum atomic E-state index is 7.25. The van der Waals surface area contributed by atoms with Crippen molar-refractivity contribution in [2.45, 2.75) is 26.2 Å². The Morgan fingerprint density at radius 1 is 1.58 bits per heavy atom. The molecule has 0 aliphatic carbocycles. The lowest BCUT2D eigenvalue weighted by atomic mass is 10.2. The van der Waals surface area contributed by atoms with Crippen molar-refractivity contribution in [1.82, 2.24) is 4.90 Å². The normalized spacial score (nSPS) is 9.42. The second-order valence-corrected chi connectivity index (χ2v) is 2.83. The van der Waals surface area contributed by atoms with Gasteiger partial charge in [-0.25, -0.2) is 0 Å². The molecular weight excluding hydrogens is 150 g/mol. The smallest absolute Gasteiger partial charge is 0.188 e. The predicted octanol–water partition coefficient (Wildman–Crippen LogP) is 1.56. The van der Waals surface area contributed by atoms with Crippen LogP contribution in [0.15, 0.2) is 12.7 Å². The Bertz CT molecular complexity index is 143. The van der Waals surface area contributed by atoms with Gasteiger partial charge in [0.25, 0.3) is 0 Å². The molecule has 0 aliphatic rings. The van der Waals surface area contributed by atoms with Crippen LogP contribution in [0, 0.1) is 5.41 Å². The molecule has 3 nitrogen and oxygen atoms in total. The fraction of sp³-hybridized carbons (Fsp3) is 0.667. The Morgan fingerprint density at radius 2 is 2.25 bits per heavy atom. The fourth-order valence-electron chi connectivity index (χ4n) is 1.02. The van der Waals surface area contributed by atoms with Crippen LogP contribution in [0.5, 0.6) is 0 Å². The molecule has 0 bridgehead atoms. The van der Waals surface area contributed by atoms with Crippen LogP contribution < -0.4 is 5.73 Å². The first-order chi connectivity index (χ1) is 5.72. The summed E-state index contributed by atoms with van der Waals surface area (Å²) in [6.07, 6.45) is 5.26. The van der Waals surface area contributed by atoms with E-state index in [0.29, 0.717) is 6.54 Å². The van der Waals surface area contributed by atoms with Crippen LogP contribution in [-0.4, -0.2) is 23.9 Å². The monoisotopic (exact) mass is 169 g/mol. The van der Waals surface area contributed by atoms with Gasteiger partial charge in [0.05, 0.1) is 0 Å². The first-order valence-corrected chi connectivity index (χ1v) is 4.42. The van der Waals surface area contributed by atoms with Crippen molar-refractivity contribution >= 4 is 5.96 Å². The van der Waals surface area contributed by atoms with Gasteiger partial charge in [0, 0.05) is 13.1 Å². The molecule has 0 heterocycles. The van der Waals surface area contributed by atoms with Gasteiger partial charge >= 0.3 is 0 Å². The summed E-state index contributed by atoms with van der Waals surface area (Å²) >= 11 is 0. The summed E-state index contributed by atoms with van der Waals surface area (Å²) in [6.45, 7) is 7.33. The van der Waals surface area contributed by atoms with E-state index < -0.39 is 0 Å². The highest BCUT2D eigenvalue weighted by atomic mass is 15.2. The van der Waals surface area contributed by atoms with E-state index in [1.54, 1.807) is 6.08 Å². The summed E-state index contributed by atoms with van der Waals surface area (Å²) in [6, 6.07) is 0. The van der Waals surface area contributed by atoms with Crippen LogP contribution in [-0.2, 0) is 0 Å². The quantitative estimate of drug-likeness (QED) is 0.274. The molecule has 0 aromatic rings. The van der Waals surface area contributed by atoms with Gasteiger partial charge in [0.1, 0.15) is 0 Å². The molecular formula is C9H19N3. The van der Waals surface area contributed by atoms with Crippen LogP contribution in [0.2, 0.25) is 0 Å². The molecule has 0 aromatic carbocycles. The highest BCUT2D eigenvalue weighted by Crippen LogP contribution is 1.97. The Hall–Kier alpha value is -0.990. The van der Waals surface area contributed by atoms with Crippen molar-refractivity contribution in [3.8, 4) is 0 Å². The molecule has 0 aromatic heterocycles. The second-order valence-electron chi connectivity index (χ2n) is 2.83. The Labute approximate surface area is 74.8 Å². The molecule has 0 aliphatic heterocycles. The van der Waals surface area contributed by atoms with Gasteiger partial charge in [-0.1, -0.05) is 25.8 Å². The van der Waals surface area contributed by atoms with Crippen LogP contribution in [0.3, 0.4) is 0 Å². The van der Waals surface area contributed by atoms with Gasteiger partial charge in [-0.05, 0) is 6.42 Å². The van der Waals surface area contributed by atoms with Gasteiger partial charge in [-0.2, -0.15) is 0 Å². The number of nitrogens with one attached hydrogen (secondary N) is 1. The van der Waals surface area contributed by atoms with Gasteiger partial charge in [-0.15, -0.1) is 6.58 Å². The molecule has 0 amide bonds. The molecule has 0 radical (unpaired) electrons. The van der Waals surface area contributed by atoms with E-state index >= 15 is 0 Å². The Kier molecular flexibility index (Phi) is 6.15. The summed E-state index contributed by atoms with van der Waals surface area (Å²) in [5, 5.41) is 7.25. The summed E-state index contributed by atoms with van der Waals surface area (Å²) < 4.78 is 0. The van der Waals surface area contributed by atoms with Gasteiger partial charge in [-0.3, -0.25) is 5.41 Å². The standard InChI is InChI=1S/C9H19N3/c1-3-5-6-8-12(7-4-2)9(10)11/h4H,2-3,5-8H2,1H3,(H3,10,11). The zero-order valence-corrected chi connectivity index (χ0v) is 7.84. The lowest BCUT2D eigenvalue weighted by Gasteiger charge is -2.20. The highest BCUT2D eigenvalue weighted by Gasteiger charge is 2.02. The van der Waals surface area contributed by atoms with Crippen molar-refractivity contribution in [1.29, 1.82) is 5.41 Å². The molecule has 0 rings (SSSR count). The van der Waals surface area contributed by atoms with Crippen molar-refractivity contribution in [3.05, 3.63) is 12.7 Å². The number of nitrogens with two attached hydrogens (primary N) is 1. The first kappa shape index (κ1) is 11.0. The fourth-order valence-corrected chi connectivity index (χ4v) is 1.02. The molecule has 3 N–H and O–H groups in total. The minimum atomic E-state index is 0.144. The van der Waals surface area contributed by atoms with Crippen molar-refractivity contribution in [3.63, 3.8) is 0 Å². The van der Waals surface area contributed by atoms with E-state index in [2.05, 4.69) is 13.5 Å². The minimum absolute atomic E-state index is 0.144. The van der Waals surface area contributed by atoms with E-state index in [1.807, 2.05) is 4.90 Å². The van der Waals surface area contributed by atoms with Crippen LogP contribution in [0.1, 0.15) is 26.2 Å². The summed E-state index contributed by atoms with van der Waals surface area (Å²) in [5.74, 6) is 0.144. The van der Waals surface area contributed by atoms with Crippen LogP contribution in [0.25, 0.3) is 0 Å². The van der Waals surface area contributed by atoms with E-state index in [-0.39, 0.29) is 5.96 Å². The topological polar surface area (TPSA) is 53.1 Å². The lowest BCUT2D eigenvalue weighted by Crippen LogP contribution is -2.37. The molecule has 0 fully saturated rings. The van der Waals surface area contributed by atoms with Gasteiger partial charge < -0.3 is 10.6 Å². The molecule has 0 saturated carbocycles. The van der Waals surface area contributed by atoms with E-state index in [0.717, 1.165) is 13.0 Å². The van der Waals surface area contributed by atoms with Gasteiger partial charge in [0.2, 0.25) is 0 Å². The summed E-state index contributed by atoms with van der Waals surface area (Å²) in [4.78, 5) is 1.82. The average molecular weight is 169 g/mol. The molecule has 3 heteroatoms. The number of unbranched alkanes of at least 4 members (excludes halogenated alkanes) is 2. The van der Waals surface area contributed by atoms with Crippen molar-refractivity contribution in [2.24, 2.45) is 5.73 Å². The molecule has 12 heavy (non-hydrogen) atoms. The molecule has 70 valence electrons. The average Bonchev–Trinajstić information content (AvgIpc) is 2.03. The number of nitrogens with zero attached hydrogens (tertiary/aromatic N) is 1. The molecule has 0 spiro atoms. The largest absolute Gasteiger partial charge is 0.370 e. The van der Waals surface area contributed by atoms with Gasteiger partial charge in [0.15, 0.2) is 5.96 Å². The third-order valence-corrected chi connectivity index (χ3v) is 1.72. The van der Waals surface area contributed by atoms with Crippen LogP contribution in [0.4, 0.5) is 0 Å². The molecule has 0 atom stereocenters. The predicted molar refractivity (Wildman–Crippen MR) is 53.2 cm³/mol. The first-order valence-electron chi connectivity index (χ1n) is 4.42. The number of rotatable bonds is 6. The maximum Gasteiger partial charge on any atom is 0.188 e. The third-order valence-electron chi connectivity index (χ3n) is 1.72.